The number of aromatic nitrogens is 1. The van der Waals surface area contributed by atoms with E-state index in [-0.39, 0.29) is 11.9 Å². The average Bonchev–Trinajstić information content (AvgIpc) is 3.32. The van der Waals surface area contributed by atoms with Crippen LogP contribution in [0.2, 0.25) is 10.0 Å². The van der Waals surface area contributed by atoms with E-state index in [0.717, 1.165) is 55.5 Å². The minimum Gasteiger partial charge on any atom is -0.373 e. The molecule has 3 aromatic rings. The van der Waals surface area contributed by atoms with Crippen molar-refractivity contribution < 1.29 is 22.5 Å². The van der Waals surface area contributed by atoms with E-state index < -0.39 is 15.6 Å². The fourth-order valence-corrected chi connectivity index (χ4v) is 7.04. The van der Waals surface area contributed by atoms with Crippen molar-refractivity contribution in [3.8, 4) is 11.3 Å². The van der Waals surface area contributed by atoms with Gasteiger partial charge in [-0.3, -0.25) is 4.79 Å². The SMILES string of the molecule is CS(=O)(=O)CC(=O)c1ccc(N2C[C@@H]3C[C@H]2C[C@H]3OCc2c(-c3c(Cl)cccc3Cl)noc2C2CC2)cc1. The van der Waals surface area contributed by atoms with Crippen LogP contribution in [0.15, 0.2) is 47.0 Å². The largest absolute Gasteiger partial charge is 0.373 e. The zero-order valence-corrected chi connectivity index (χ0v) is 23.2. The van der Waals surface area contributed by atoms with Crippen LogP contribution >= 0.6 is 23.2 Å². The number of anilines is 1. The topological polar surface area (TPSA) is 89.7 Å². The van der Waals surface area contributed by atoms with Crippen molar-refractivity contribution >= 4 is 44.5 Å². The highest BCUT2D eigenvalue weighted by molar-refractivity contribution is 7.91. The molecule has 2 aliphatic carbocycles. The second-order valence-electron chi connectivity index (χ2n) is 10.7. The molecule has 0 N–H and O–H groups in total. The molecule has 0 radical (unpaired) electrons. The lowest BCUT2D eigenvalue weighted by Crippen LogP contribution is -2.38. The molecule has 0 spiro atoms. The van der Waals surface area contributed by atoms with E-state index in [0.29, 0.717) is 51.4 Å². The first-order valence-electron chi connectivity index (χ1n) is 12.8. The van der Waals surface area contributed by atoms with Crippen molar-refractivity contribution in [1.82, 2.24) is 5.16 Å². The summed E-state index contributed by atoms with van der Waals surface area (Å²) in [5, 5.41) is 5.44. The van der Waals surface area contributed by atoms with Crippen LogP contribution < -0.4 is 4.90 Å². The molecule has 3 fully saturated rings. The molecule has 1 aromatic heterocycles. The summed E-state index contributed by atoms with van der Waals surface area (Å²) in [4.78, 5) is 14.6. The number of sulfone groups is 1. The molecule has 2 aromatic carbocycles. The summed E-state index contributed by atoms with van der Waals surface area (Å²) in [5.74, 6) is 0.791. The van der Waals surface area contributed by atoms with Gasteiger partial charge >= 0.3 is 0 Å². The average molecular weight is 576 g/mol. The molecule has 10 heteroatoms. The van der Waals surface area contributed by atoms with Crippen LogP contribution in [0, 0.1) is 5.92 Å². The van der Waals surface area contributed by atoms with E-state index >= 15 is 0 Å². The third kappa shape index (κ3) is 5.11. The van der Waals surface area contributed by atoms with Crippen molar-refractivity contribution in [2.75, 3.05) is 23.5 Å². The lowest BCUT2D eigenvalue weighted by Gasteiger charge is -2.33. The Hall–Kier alpha value is -2.39. The van der Waals surface area contributed by atoms with Gasteiger partial charge in [-0.05, 0) is 62.1 Å². The number of benzene rings is 2. The van der Waals surface area contributed by atoms with E-state index in [1.165, 1.54) is 0 Å². The Labute approximate surface area is 232 Å². The van der Waals surface area contributed by atoms with Crippen molar-refractivity contribution in [2.45, 2.75) is 50.4 Å². The van der Waals surface area contributed by atoms with Crippen molar-refractivity contribution in [3.05, 3.63) is 69.4 Å². The van der Waals surface area contributed by atoms with Crippen LogP contribution in [-0.4, -0.2) is 50.1 Å². The number of ketones is 1. The van der Waals surface area contributed by atoms with Gasteiger partial charge in [-0.2, -0.15) is 0 Å². The van der Waals surface area contributed by atoms with Crippen LogP contribution in [0.1, 0.15) is 53.3 Å². The molecular formula is C28H28Cl2N2O5S. The molecule has 7 nitrogen and oxygen atoms in total. The fraction of sp³-hybridized carbons (Fsp3) is 0.429. The number of ether oxygens (including phenoxy) is 1. The van der Waals surface area contributed by atoms with Gasteiger partial charge in [0.05, 0.1) is 22.8 Å². The number of carbonyl (C=O) groups excluding carboxylic acids is 1. The minimum absolute atomic E-state index is 0.128. The van der Waals surface area contributed by atoms with Gasteiger partial charge in [-0.25, -0.2) is 8.42 Å². The van der Waals surface area contributed by atoms with E-state index in [9.17, 15) is 13.2 Å². The third-order valence-corrected chi connectivity index (χ3v) is 9.22. The summed E-state index contributed by atoms with van der Waals surface area (Å²) < 4.78 is 35.2. The van der Waals surface area contributed by atoms with Gasteiger partial charge in [0.2, 0.25) is 0 Å². The maximum Gasteiger partial charge on any atom is 0.177 e. The number of nitrogens with zero attached hydrogens (tertiary/aromatic N) is 2. The smallest absolute Gasteiger partial charge is 0.177 e. The molecule has 2 heterocycles. The van der Waals surface area contributed by atoms with Crippen LogP contribution in [0.25, 0.3) is 11.3 Å². The second-order valence-corrected chi connectivity index (χ2v) is 13.6. The summed E-state index contributed by atoms with van der Waals surface area (Å²) in [6, 6.07) is 13.0. The third-order valence-electron chi connectivity index (χ3n) is 7.80. The molecule has 3 atom stereocenters. The first-order chi connectivity index (χ1) is 18.2. The predicted molar refractivity (Wildman–Crippen MR) is 147 cm³/mol. The lowest BCUT2D eigenvalue weighted by molar-refractivity contribution is 0.0122. The highest BCUT2D eigenvalue weighted by Gasteiger charge is 2.45. The van der Waals surface area contributed by atoms with Crippen molar-refractivity contribution in [3.63, 3.8) is 0 Å². The summed E-state index contributed by atoms with van der Waals surface area (Å²) in [7, 11) is -3.36. The Morgan fingerprint density at radius 2 is 1.82 bits per heavy atom. The molecule has 1 aliphatic heterocycles. The molecule has 38 heavy (non-hydrogen) atoms. The maximum absolute atomic E-state index is 12.2. The monoisotopic (exact) mass is 574 g/mol. The molecule has 3 aliphatic rings. The molecule has 2 bridgehead atoms. The van der Waals surface area contributed by atoms with Crippen LogP contribution in [-0.2, 0) is 21.2 Å². The highest BCUT2D eigenvalue weighted by Crippen LogP contribution is 2.47. The summed E-state index contributed by atoms with van der Waals surface area (Å²) in [5.41, 5.74) is 3.74. The first-order valence-corrected chi connectivity index (χ1v) is 15.6. The number of piperidine rings is 1. The first kappa shape index (κ1) is 25.9. The Balaban J connectivity index is 1.13. The van der Waals surface area contributed by atoms with Crippen LogP contribution in [0.5, 0.6) is 0 Å². The number of hydrogen-bond donors (Lipinski definition) is 0. The molecule has 0 unspecified atom stereocenters. The van der Waals surface area contributed by atoms with Crippen LogP contribution in [0.3, 0.4) is 0 Å². The normalized spacial score (nSPS) is 22.8. The van der Waals surface area contributed by atoms with Crippen LogP contribution in [0.4, 0.5) is 5.69 Å². The van der Waals surface area contributed by atoms with E-state index in [1.54, 1.807) is 24.3 Å². The van der Waals surface area contributed by atoms with E-state index in [1.807, 2.05) is 18.2 Å². The van der Waals surface area contributed by atoms with Gasteiger partial charge in [0, 0.05) is 53.1 Å². The van der Waals surface area contributed by atoms with Gasteiger partial charge < -0.3 is 14.2 Å². The molecular weight excluding hydrogens is 547 g/mol. The van der Waals surface area contributed by atoms with Gasteiger partial charge in [0.15, 0.2) is 15.6 Å². The molecule has 2 saturated carbocycles. The van der Waals surface area contributed by atoms with Gasteiger partial charge in [0.1, 0.15) is 17.2 Å². The maximum atomic E-state index is 12.2. The Bertz CT molecular complexity index is 1460. The van der Waals surface area contributed by atoms with Crippen molar-refractivity contribution in [1.29, 1.82) is 0 Å². The fourth-order valence-electron chi connectivity index (χ4n) is 5.83. The number of Topliss-reactive ketones (excluding diaryl/α,β-unsaturated/α-hetero) is 1. The number of carbonyl (C=O) groups is 1. The molecule has 200 valence electrons. The number of rotatable bonds is 9. The lowest BCUT2D eigenvalue weighted by atomic mass is 10.0. The van der Waals surface area contributed by atoms with Crippen molar-refractivity contribution in [2.24, 2.45) is 5.92 Å². The molecule has 6 rings (SSSR count). The summed E-state index contributed by atoms with van der Waals surface area (Å²) >= 11 is 13.0. The van der Waals surface area contributed by atoms with Gasteiger partial charge in [-0.1, -0.05) is 34.4 Å². The Morgan fingerprint density at radius 3 is 2.42 bits per heavy atom. The number of halogens is 2. The van der Waals surface area contributed by atoms with Gasteiger partial charge in [-0.15, -0.1) is 0 Å². The zero-order valence-electron chi connectivity index (χ0n) is 20.9. The summed E-state index contributed by atoms with van der Waals surface area (Å²) in [6.07, 6.45) is 5.32. The predicted octanol–water partition coefficient (Wildman–Crippen LogP) is 5.94. The number of fused-ring (bicyclic) bond motifs is 2. The minimum atomic E-state index is -3.36. The quantitative estimate of drug-likeness (QED) is 0.292. The standard InChI is InChI=1S/C28H28Cl2N2O5S/c1-38(34,35)15-24(33)16-7-9-19(10-8-16)32-13-18-11-20(32)12-25(18)36-14-21-27(31-37-28(21)17-5-6-17)26-22(29)3-2-4-23(26)30/h2-4,7-10,17-18,20,25H,5-6,11-15H2,1H3/t18-,20-,25+/m0/s1. The Morgan fingerprint density at radius 1 is 1.11 bits per heavy atom. The van der Waals surface area contributed by atoms with Gasteiger partial charge in [0.25, 0.3) is 0 Å². The molecule has 1 saturated heterocycles. The van der Waals surface area contributed by atoms with E-state index in [4.69, 9.17) is 32.5 Å². The summed E-state index contributed by atoms with van der Waals surface area (Å²) in [6.45, 7) is 1.27. The Kier molecular flexibility index (Phi) is 6.79. The second kappa shape index (κ2) is 9.97. The number of hydrogen-bond acceptors (Lipinski definition) is 7. The zero-order chi connectivity index (χ0) is 26.6. The van der Waals surface area contributed by atoms with E-state index in [2.05, 4.69) is 10.1 Å². The highest BCUT2D eigenvalue weighted by atomic mass is 35.5. The molecule has 0 amide bonds.